The Morgan fingerprint density at radius 1 is 0.667 bits per heavy atom. The molecule has 0 heterocycles. The molecule has 2 N–H and O–H groups in total. The van der Waals surface area contributed by atoms with Crippen molar-refractivity contribution in [1.82, 2.24) is 9.80 Å². The number of rotatable bonds is 5. The first-order chi connectivity index (χ1) is 17.0. The van der Waals surface area contributed by atoms with Gasteiger partial charge in [-0.05, 0) is 66.3 Å². The molecule has 5 nitrogen and oxygen atoms in total. The number of aryl methyl sites for hydroxylation is 3. The van der Waals surface area contributed by atoms with Crippen LogP contribution in [-0.4, -0.2) is 59.1 Å². The van der Waals surface area contributed by atoms with Gasteiger partial charge in [0.2, 0.25) is 0 Å². The molecule has 3 aromatic carbocycles. The second-order valence-corrected chi connectivity index (χ2v) is 9.10. The molecule has 194 valence electrons. The predicted octanol–water partition coefficient (Wildman–Crippen LogP) is 6.10. The fraction of sp³-hybridized carbons (Fsp3) is 0.333. The first kappa shape index (κ1) is 30.7. The van der Waals surface area contributed by atoms with Crippen molar-refractivity contribution in [1.29, 1.82) is 0 Å². The number of phenols is 2. The Bertz CT molecular complexity index is 1040. The Balaban J connectivity index is 0.000000273. The molecule has 3 rings (SSSR count). The van der Waals surface area contributed by atoms with Gasteiger partial charge in [0.1, 0.15) is 16.5 Å². The highest BCUT2D eigenvalue weighted by Gasteiger charge is 2.07. The van der Waals surface area contributed by atoms with Gasteiger partial charge in [-0.3, -0.25) is 4.79 Å². The highest BCUT2D eigenvalue weighted by molar-refractivity contribution is 7.80. The Kier molecular flexibility index (Phi) is 13.3. The lowest BCUT2D eigenvalue weighted by molar-refractivity contribution is 0.0827. The van der Waals surface area contributed by atoms with Crippen molar-refractivity contribution < 1.29 is 15.0 Å². The fourth-order valence-electron chi connectivity index (χ4n) is 3.23. The van der Waals surface area contributed by atoms with E-state index in [2.05, 4.69) is 38.1 Å². The zero-order valence-corrected chi connectivity index (χ0v) is 23.4. The van der Waals surface area contributed by atoms with Crippen LogP contribution in [0.2, 0.25) is 0 Å². The van der Waals surface area contributed by atoms with Crippen molar-refractivity contribution in [2.24, 2.45) is 0 Å². The molecule has 0 saturated heterocycles. The molecule has 36 heavy (non-hydrogen) atoms. The third-order valence-corrected chi connectivity index (χ3v) is 5.95. The van der Waals surface area contributed by atoms with Crippen molar-refractivity contribution >= 4 is 23.1 Å². The summed E-state index contributed by atoms with van der Waals surface area (Å²) in [4.78, 5) is 16.0. The van der Waals surface area contributed by atoms with E-state index >= 15 is 0 Å². The molecular weight excluding hydrogens is 468 g/mol. The molecule has 0 aliphatic heterocycles. The number of hydrogen-bond donors (Lipinski definition) is 2. The normalized spacial score (nSPS) is 9.75. The maximum absolute atomic E-state index is 11.5. The van der Waals surface area contributed by atoms with Crippen molar-refractivity contribution in [2.75, 3.05) is 28.2 Å². The molecule has 0 aromatic heterocycles. The van der Waals surface area contributed by atoms with Crippen LogP contribution in [0.1, 0.15) is 53.4 Å². The van der Waals surface area contributed by atoms with Crippen LogP contribution in [-0.2, 0) is 19.3 Å². The van der Waals surface area contributed by atoms with E-state index in [4.69, 9.17) is 22.4 Å². The van der Waals surface area contributed by atoms with E-state index < -0.39 is 0 Å². The van der Waals surface area contributed by atoms with Gasteiger partial charge in [0.05, 0.1) is 0 Å². The van der Waals surface area contributed by atoms with Gasteiger partial charge in [-0.2, -0.15) is 0 Å². The SMILES string of the molecule is CCc1cc(O)cc(O)c1.CCc1cccc(C(=O)N(C)C)c1.CCc1cccc(C(=S)N(C)C)c1. The summed E-state index contributed by atoms with van der Waals surface area (Å²) in [5, 5.41) is 17.9. The Labute approximate surface area is 222 Å². The zero-order valence-electron chi connectivity index (χ0n) is 22.6. The van der Waals surface area contributed by atoms with E-state index in [-0.39, 0.29) is 17.4 Å². The Morgan fingerprint density at radius 3 is 1.53 bits per heavy atom. The summed E-state index contributed by atoms with van der Waals surface area (Å²) >= 11 is 5.28. The molecule has 0 aliphatic rings. The van der Waals surface area contributed by atoms with E-state index in [0.717, 1.165) is 40.9 Å². The van der Waals surface area contributed by atoms with Crippen LogP contribution in [0.15, 0.2) is 66.7 Å². The largest absolute Gasteiger partial charge is 0.508 e. The van der Waals surface area contributed by atoms with Gasteiger partial charge in [0, 0.05) is 45.4 Å². The highest BCUT2D eigenvalue weighted by Crippen LogP contribution is 2.20. The number of aromatic hydroxyl groups is 2. The fourth-order valence-corrected chi connectivity index (χ4v) is 3.35. The molecular formula is C30H40N2O3S. The van der Waals surface area contributed by atoms with Crippen molar-refractivity contribution in [3.63, 3.8) is 0 Å². The zero-order chi connectivity index (χ0) is 27.3. The second kappa shape index (κ2) is 15.6. The second-order valence-electron chi connectivity index (χ2n) is 8.72. The van der Waals surface area contributed by atoms with Crippen LogP contribution in [0.25, 0.3) is 0 Å². The molecule has 0 atom stereocenters. The van der Waals surface area contributed by atoms with Crippen molar-refractivity contribution in [3.8, 4) is 11.5 Å². The van der Waals surface area contributed by atoms with Gasteiger partial charge in [-0.25, -0.2) is 0 Å². The van der Waals surface area contributed by atoms with Gasteiger partial charge in [0.15, 0.2) is 0 Å². The Morgan fingerprint density at radius 2 is 1.11 bits per heavy atom. The van der Waals surface area contributed by atoms with Gasteiger partial charge in [-0.15, -0.1) is 0 Å². The lowest BCUT2D eigenvalue weighted by Gasteiger charge is -2.14. The minimum atomic E-state index is 0.0651. The first-order valence-corrected chi connectivity index (χ1v) is 12.6. The molecule has 0 fully saturated rings. The Hall–Kier alpha value is -3.38. The quantitative estimate of drug-likeness (QED) is 0.408. The van der Waals surface area contributed by atoms with Crippen LogP contribution in [0.4, 0.5) is 0 Å². The van der Waals surface area contributed by atoms with E-state index in [1.807, 2.05) is 50.2 Å². The number of benzene rings is 3. The van der Waals surface area contributed by atoms with Crippen molar-refractivity contribution in [2.45, 2.75) is 40.0 Å². The summed E-state index contributed by atoms with van der Waals surface area (Å²) in [7, 11) is 7.48. The number of carbonyl (C=O) groups excluding carboxylic acids is 1. The van der Waals surface area contributed by atoms with E-state index in [1.54, 1.807) is 31.1 Å². The molecule has 0 radical (unpaired) electrons. The molecule has 0 spiro atoms. The standard InChI is InChI=1S/C11H15NO.C11H15NS.C8H10O2/c2*1-4-9-6-5-7-10(8-9)11(13)12(2)3;1-2-6-3-7(9)5-8(10)4-6/h2*5-8H,4H2,1-3H3;3-5,9-10H,2H2,1H3. The summed E-state index contributed by atoms with van der Waals surface area (Å²) in [5.74, 6) is 0.309. The lowest BCUT2D eigenvalue weighted by atomic mass is 10.1. The van der Waals surface area contributed by atoms with E-state index in [9.17, 15) is 4.79 Å². The topological polar surface area (TPSA) is 64.0 Å². The summed E-state index contributed by atoms with van der Waals surface area (Å²) in [6, 6.07) is 20.8. The summed E-state index contributed by atoms with van der Waals surface area (Å²) in [6.45, 7) is 6.20. The third kappa shape index (κ3) is 10.5. The molecule has 0 unspecified atom stereocenters. The molecule has 0 bridgehead atoms. The summed E-state index contributed by atoms with van der Waals surface area (Å²) in [5.41, 5.74) is 5.38. The predicted molar refractivity (Wildman–Crippen MR) is 154 cm³/mol. The first-order valence-electron chi connectivity index (χ1n) is 12.1. The van der Waals surface area contributed by atoms with Gasteiger partial charge >= 0.3 is 0 Å². The molecule has 3 aromatic rings. The number of hydrogen-bond acceptors (Lipinski definition) is 4. The van der Waals surface area contributed by atoms with Crippen LogP contribution >= 0.6 is 12.2 Å². The molecule has 0 aliphatic carbocycles. The maximum atomic E-state index is 11.5. The van der Waals surface area contributed by atoms with Gasteiger partial charge < -0.3 is 20.0 Å². The number of amides is 1. The summed E-state index contributed by atoms with van der Waals surface area (Å²) < 4.78 is 0. The third-order valence-electron chi connectivity index (χ3n) is 5.35. The lowest BCUT2D eigenvalue weighted by Crippen LogP contribution is -2.21. The average Bonchev–Trinajstić information content (AvgIpc) is 2.87. The number of phenolic OH excluding ortho intramolecular Hbond substituents is 2. The van der Waals surface area contributed by atoms with Crippen LogP contribution in [0, 0.1) is 0 Å². The number of nitrogens with zero attached hydrogens (tertiary/aromatic N) is 2. The number of thiocarbonyl (C=S) groups is 1. The molecule has 6 heteroatoms. The monoisotopic (exact) mass is 508 g/mol. The van der Waals surface area contributed by atoms with Crippen molar-refractivity contribution in [3.05, 3.63) is 94.5 Å². The van der Waals surface area contributed by atoms with Crippen LogP contribution in [0.5, 0.6) is 11.5 Å². The smallest absolute Gasteiger partial charge is 0.253 e. The van der Waals surface area contributed by atoms with Gasteiger partial charge in [0.25, 0.3) is 5.91 Å². The van der Waals surface area contributed by atoms with Gasteiger partial charge in [-0.1, -0.05) is 63.3 Å². The van der Waals surface area contributed by atoms with Crippen LogP contribution < -0.4 is 0 Å². The summed E-state index contributed by atoms with van der Waals surface area (Å²) in [6.07, 6.45) is 2.85. The molecule has 0 saturated carbocycles. The van der Waals surface area contributed by atoms with E-state index in [1.165, 1.54) is 17.2 Å². The number of carbonyl (C=O) groups is 1. The molecule has 1 amide bonds. The minimum Gasteiger partial charge on any atom is -0.508 e. The van der Waals surface area contributed by atoms with Crippen LogP contribution in [0.3, 0.4) is 0 Å². The van der Waals surface area contributed by atoms with E-state index in [0.29, 0.717) is 0 Å². The maximum Gasteiger partial charge on any atom is 0.253 e. The average molecular weight is 509 g/mol. The highest BCUT2D eigenvalue weighted by atomic mass is 32.1. The minimum absolute atomic E-state index is 0.0651.